The van der Waals surface area contributed by atoms with Crippen LogP contribution in [0.4, 0.5) is 11.6 Å². The van der Waals surface area contributed by atoms with Gasteiger partial charge < -0.3 is 10.6 Å². The third-order valence-corrected chi connectivity index (χ3v) is 4.23. The molecule has 1 fully saturated rings. The normalized spacial score (nSPS) is 16.0. The molecule has 2 N–H and O–H groups in total. The SMILES string of the molecule is CCNc1nc(C2CC2)nc(NC(C)CCSC)c1C. The number of nitrogens with one attached hydrogen (secondary N) is 2. The number of anilines is 2. The second kappa shape index (κ2) is 7.16. The highest BCUT2D eigenvalue weighted by Crippen LogP contribution is 2.39. The smallest absolute Gasteiger partial charge is 0.136 e. The molecule has 0 aliphatic heterocycles. The van der Waals surface area contributed by atoms with Gasteiger partial charge >= 0.3 is 0 Å². The number of rotatable bonds is 8. The molecule has 0 amide bonds. The van der Waals surface area contributed by atoms with Crippen molar-refractivity contribution in [3.8, 4) is 0 Å². The van der Waals surface area contributed by atoms with Crippen LogP contribution in [0.25, 0.3) is 0 Å². The molecule has 1 aromatic heterocycles. The van der Waals surface area contributed by atoms with E-state index in [1.807, 2.05) is 11.8 Å². The van der Waals surface area contributed by atoms with E-state index in [4.69, 9.17) is 4.98 Å². The molecule has 1 unspecified atom stereocenters. The molecule has 1 atom stereocenters. The summed E-state index contributed by atoms with van der Waals surface area (Å²) < 4.78 is 0. The fraction of sp³-hybridized carbons (Fsp3) is 0.733. The Labute approximate surface area is 126 Å². The minimum Gasteiger partial charge on any atom is -0.370 e. The Morgan fingerprint density at radius 1 is 1.30 bits per heavy atom. The molecule has 1 saturated carbocycles. The first-order chi connectivity index (χ1) is 9.65. The molecule has 1 aromatic rings. The van der Waals surface area contributed by atoms with Crippen LogP contribution < -0.4 is 10.6 Å². The molecular formula is C15H26N4S. The van der Waals surface area contributed by atoms with Crippen molar-refractivity contribution >= 4 is 23.4 Å². The predicted molar refractivity (Wildman–Crippen MR) is 89.0 cm³/mol. The fourth-order valence-electron chi connectivity index (χ4n) is 2.14. The Kier molecular flexibility index (Phi) is 5.52. The average Bonchev–Trinajstić information content (AvgIpc) is 3.25. The third kappa shape index (κ3) is 4.01. The van der Waals surface area contributed by atoms with Crippen molar-refractivity contribution in [1.29, 1.82) is 0 Å². The predicted octanol–water partition coefficient (Wildman–Crippen LogP) is 3.65. The summed E-state index contributed by atoms with van der Waals surface area (Å²) >= 11 is 1.89. The molecule has 2 rings (SSSR count). The summed E-state index contributed by atoms with van der Waals surface area (Å²) in [6.07, 6.45) is 5.77. The summed E-state index contributed by atoms with van der Waals surface area (Å²) in [4.78, 5) is 9.44. The van der Waals surface area contributed by atoms with E-state index in [2.05, 4.69) is 42.6 Å². The van der Waals surface area contributed by atoms with E-state index in [-0.39, 0.29) is 0 Å². The summed E-state index contributed by atoms with van der Waals surface area (Å²) in [5.74, 6) is 4.75. The van der Waals surface area contributed by atoms with E-state index in [0.717, 1.165) is 36.0 Å². The summed E-state index contributed by atoms with van der Waals surface area (Å²) in [5, 5.41) is 6.92. The summed E-state index contributed by atoms with van der Waals surface area (Å²) in [6.45, 7) is 7.32. The molecule has 0 aromatic carbocycles. The second-order valence-electron chi connectivity index (χ2n) is 5.54. The first kappa shape index (κ1) is 15.4. The summed E-state index contributed by atoms with van der Waals surface area (Å²) in [7, 11) is 0. The van der Waals surface area contributed by atoms with Gasteiger partial charge in [-0.05, 0) is 52.0 Å². The summed E-state index contributed by atoms with van der Waals surface area (Å²) in [6, 6.07) is 0.442. The highest BCUT2D eigenvalue weighted by molar-refractivity contribution is 7.98. The number of nitrogens with zero attached hydrogens (tertiary/aromatic N) is 2. The Bertz CT molecular complexity index is 446. The van der Waals surface area contributed by atoms with E-state index in [9.17, 15) is 0 Å². The lowest BCUT2D eigenvalue weighted by Gasteiger charge is -2.18. The zero-order valence-corrected chi connectivity index (χ0v) is 13.8. The standard InChI is InChI=1S/C15H26N4S/c1-5-16-13-11(3)14(17-10(2)8-9-20-4)19-15(18-13)12-6-7-12/h10,12H,5-9H2,1-4H3,(H2,16,17,18,19). The first-order valence-corrected chi connectivity index (χ1v) is 8.93. The molecule has 4 nitrogen and oxygen atoms in total. The van der Waals surface area contributed by atoms with Crippen molar-refractivity contribution in [3.05, 3.63) is 11.4 Å². The van der Waals surface area contributed by atoms with Gasteiger partial charge in [0.25, 0.3) is 0 Å². The van der Waals surface area contributed by atoms with Crippen molar-refractivity contribution in [2.24, 2.45) is 0 Å². The molecule has 1 aliphatic rings. The van der Waals surface area contributed by atoms with E-state index in [0.29, 0.717) is 12.0 Å². The largest absolute Gasteiger partial charge is 0.370 e. The Morgan fingerprint density at radius 3 is 2.60 bits per heavy atom. The number of aromatic nitrogens is 2. The number of thioether (sulfide) groups is 1. The van der Waals surface area contributed by atoms with Gasteiger partial charge in [-0.1, -0.05) is 0 Å². The molecule has 1 aliphatic carbocycles. The number of hydrogen-bond donors (Lipinski definition) is 2. The Morgan fingerprint density at radius 2 is 2.00 bits per heavy atom. The van der Waals surface area contributed by atoms with Crippen LogP contribution >= 0.6 is 11.8 Å². The molecule has 5 heteroatoms. The third-order valence-electron chi connectivity index (χ3n) is 3.59. The van der Waals surface area contributed by atoms with Gasteiger partial charge in [-0.2, -0.15) is 11.8 Å². The molecule has 112 valence electrons. The van der Waals surface area contributed by atoms with E-state index < -0.39 is 0 Å². The van der Waals surface area contributed by atoms with Gasteiger partial charge in [0.2, 0.25) is 0 Å². The lowest BCUT2D eigenvalue weighted by Crippen LogP contribution is -2.19. The average molecular weight is 294 g/mol. The van der Waals surface area contributed by atoms with Crippen molar-refractivity contribution in [3.63, 3.8) is 0 Å². The van der Waals surface area contributed by atoms with Gasteiger partial charge in [0.05, 0.1) is 0 Å². The minimum atomic E-state index is 0.442. The van der Waals surface area contributed by atoms with Crippen LogP contribution in [0.1, 0.15) is 50.4 Å². The van der Waals surface area contributed by atoms with Gasteiger partial charge in [-0.15, -0.1) is 0 Å². The van der Waals surface area contributed by atoms with Crippen LogP contribution in [0.2, 0.25) is 0 Å². The highest BCUT2D eigenvalue weighted by atomic mass is 32.2. The first-order valence-electron chi connectivity index (χ1n) is 7.53. The zero-order valence-electron chi connectivity index (χ0n) is 13.0. The monoisotopic (exact) mass is 294 g/mol. The maximum absolute atomic E-state index is 4.76. The lowest BCUT2D eigenvalue weighted by atomic mass is 10.2. The van der Waals surface area contributed by atoms with Crippen LogP contribution in [0, 0.1) is 6.92 Å². The van der Waals surface area contributed by atoms with Crippen molar-refractivity contribution < 1.29 is 0 Å². The van der Waals surface area contributed by atoms with Crippen molar-refractivity contribution in [2.45, 2.75) is 52.0 Å². The van der Waals surface area contributed by atoms with E-state index in [1.165, 1.54) is 18.6 Å². The fourth-order valence-corrected chi connectivity index (χ4v) is 2.73. The maximum atomic E-state index is 4.76. The minimum absolute atomic E-state index is 0.442. The van der Waals surface area contributed by atoms with Crippen LogP contribution in [0.3, 0.4) is 0 Å². The van der Waals surface area contributed by atoms with Crippen LogP contribution in [0.5, 0.6) is 0 Å². The quantitative estimate of drug-likeness (QED) is 0.766. The molecule has 0 radical (unpaired) electrons. The van der Waals surface area contributed by atoms with Gasteiger partial charge in [-0.25, -0.2) is 9.97 Å². The Balaban J connectivity index is 2.16. The van der Waals surface area contributed by atoms with Crippen LogP contribution in [0.15, 0.2) is 0 Å². The van der Waals surface area contributed by atoms with Crippen molar-refractivity contribution in [2.75, 3.05) is 29.2 Å². The molecule has 20 heavy (non-hydrogen) atoms. The molecule has 0 bridgehead atoms. The van der Waals surface area contributed by atoms with E-state index >= 15 is 0 Å². The topological polar surface area (TPSA) is 49.8 Å². The van der Waals surface area contributed by atoms with Gasteiger partial charge in [0, 0.05) is 24.1 Å². The molecule has 0 saturated heterocycles. The highest BCUT2D eigenvalue weighted by Gasteiger charge is 2.28. The second-order valence-corrected chi connectivity index (χ2v) is 6.52. The summed E-state index contributed by atoms with van der Waals surface area (Å²) in [5.41, 5.74) is 1.13. The maximum Gasteiger partial charge on any atom is 0.136 e. The lowest BCUT2D eigenvalue weighted by molar-refractivity contribution is 0.760. The van der Waals surface area contributed by atoms with Gasteiger partial charge in [0.1, 0.15) is 17.5 Å². The molecule has 0 spiro atoms. The van der Waals surface area contributed by atoms with Gasteiger partial charge in [-0.3, -0.25) is 0 Å². The van der Waals surface area contributed by atoms with Crippen molar-refractivity contribution in [1.82, 2.24) is 9.97 Å². The Hall–Kier alpha value is -0.970. The van der Waals surface area contributed by atoms with Gasteiger partial charge in [0.15, 0.2) is 0 Å². The van der Waals surface area contributed by atoms with Crippen LogP contribution in [-0.2, 0) is 0 Å². The molecular weight excluding hydrogens is 268 g/mol. The van der Waals surface area contributed by atoms with Crippen LogP contribution in [-0.4, -0.2) is 34.6 Å². The molecule has 1 heterocycles. The zero-order chi connectivity index (χ0) is 14.5. The van der Waals surface area contributed by atoms with E-state index in [1.54, 1.807) is 0 Å². The number of hydrogen-bond acceptors (Lipinski definition) is 5.